The second-order valence-corrected chi connectivity index (χ2v) is 4.67. The molecule has 0 radical (unpaired) electrons. The van der Waals surface area contributed by atoms with Crippen molar-refractivity contribution in [1.29, 1.82) is 0 Å². The summed E-state index contributed by atoms with van der Waals surface area (Å²) in [5, 5.41) is 2.56. The Morgan fingerprint density at radius 2 is 2.19 bits per heavy atom. The fourth-order valence-corrected chi connectivity index (χ4v) is 1.90. The molecule has 2 rings (SSSR count). The first-order chi connectivity index (χ1) is 10.0. The number of furan rings is 1. The number of likely N-dealkylation sites (N-methyl/N-ethyl adjacent to an activating group) is 1. The van der Waals surface area contributed by atoms with Crippen LogP contribution in [0, 0.1) is 11.8 Å². The van der Waals surface area contributed by atoms with Gasteiger partial charge >= 0.3 is 0 Å². The summed E-state index contributed by atoms with van der Waals surface area (Å²) < 4.78 is 31.8. The van der Waals surface area contributed by atoms with Gasteiger partial charge in [-0.05, 0) is 32.3 Å². The predicted molar refractivity (Wildman–Crippen MR) is 71.6 cm³/mol. The number of nitrogens with one attached hydrogen (secondary N) is 1. The first-order valence-corrected chi connectivity index (χ1v) is 6.28. The van der Waals surface area contributed by atoms with Crippen LogP contribution >= 0.6 is 0 Å². The Hall–Kier alpha value is -2.28. The maximum absolute atomic E-state index is 13.5. The Balaban J connectivity index is 2.07. The summed E-state index contributed by atoms with van der Waals surface area (Å²) in [7, 11) is 3.65. The molecule has 0 aliphatic carbocycles. The van der Waals surface area contributed by atoms with E-state index in [0.717, 1.165) is 12.3 Å². The lowest BCUT2D eigenvalue weighted by Crippen LogP contribution is -2.34. The second-order valence-electron chi connectivity index (χ2n) is 4.67. The lowest BCUT2D eigenvalue weighted by molar-refractivity contribution is 0.0933. The average molecular weight is 295 g/mol. The van der Waals surface area contributed by atoms with Gasteiger partial charge in [-0.25, -0.2) is 9.37 Å². The van der Waals surface area contributed by atoms with Gasteiger partial charge in [0.25, 0.3) is 5.91 Å². The Labute approximate surface area is 120 Å². The van der Waals surface area contributed by atoms with E-state index < -0.39 is 17.7 Å². The van der Waals surface area contributed by atoms with Crippen molar-refractivity contribution < 1.29 is 18.0 Å². The molecular formula is C14H15F2N3O2. The molecule has 21 heavy (non-hydrogen) atoms. The van der Waals surface area contributed by atoms with E-state index in [1.165, 1.54) is 6.26 Å². The zero-order valence-electron chi connectivity index (χ0n) is 11.6. The van der Waals surface area contributed by atoms with Crippen LogP contribution in [-0.4, -0.2) is 36.4 Å². The van der Waals surface area contributed by atoms with Crippen molar-refractivity contribution in [2.24, 2.45) is 0 Å². The van der Waals surface area contributed by atoms with Gasteiger partial charge in [0.05, 0.1) is 17.9 Å². The summed E-state index contributed by atoms with van der Waals surface area (Å²) >= 11 is 0. The molecule has 2 heterocycles. The SMILES string of the molecule is CN(C)C(CNC(=O)c1ccnc(F)c1F)c1ccco1. The number of hydrogen-bond acceptors (Lipinski definition) is 4. The number of hydrogen-bond donors (Lipinski definition) is 1. The number of halogens is 2. The lowest BCUT2D eigenvalue weighted by atomic mass is 10.2. The van der Waals surface area contributed by atoms with Gasteiger partial charge < -0.3 is 9.73 Å². The van der Waals surface area contributed by atoms with Crippen molar-refractivity contribution in [2.45, 2.75) is 6.04 Å². The van der Waals surface area contributed by atoms with Crippen LogP contribution in [0.3, 0.4) is 0 Å². The third kappa shape index (κ3) is 3.43. The summed E-state index contributed by atoms with van der Waals surface area (Å²) in [6.45, 7) is 0.197. The van der Waals surface area contributed by atoms with E-state index in [4.69, 9.17) is 4.42 Å². The molecular weight excluding hydrogens is 280 g/mol. The van der Waals surface area contributed by atoms with E-state index >= 15 is 0 Å². The van der Waals surface area contributed by atoms with E-state index in [2.05, 4.69) is 10.3 Å². The molecule has 2 aromatic rings. The molecule has 0 spiro atoms. The maximum Gasteiger partial charge on any atom is 0.254 e. The molecule has 5 nitrogen and oxygen atoms in total. The minimum Gasteiger partial charge on any atom is -0.468 e. The Bertz CT molecular complexity index is 615. The molecule has 1 amide bonds. The standard InChI is InChI=1S/C14H15F2N3O2/c1-19(2)10(11-4-3-7-21-11)8-18-14(20)9-5-6-17-13(16)12(9)15/h3-7,10H,8H2,1-2H3,(H,18,20). The van der Waals surface area contributed by atoms with Crippen LogP contribution in [0.15, 0.2) is 35.1 Å². The molecule has 0 aromatic carbocycles. The number of nitrogens with zero attached hydrogens (tertiary/aromatic N) is 2. The smallest absolute Gasteiger partial charge is 0.254 e. The van der Waals surface area contributed by atoms with Crippen LogP contribution in [0.5, 0.6) is 0 Å². The molecule has 0 aliphatic heterocycles. The normalized spacial score (nSPS) is 12.4. The molecule has 7 heteroatoms. The quantitative estimate of drug-likeness (QED) is 0.857. The van der Waals surface area contributed by atoms with Gasteiger partial charge in [0.2, 0.25) is 5.95 Å². The molecule has 1 N–H and O–H groups in total. The third-order valence-corrected chi connectivity index (χ3v) is 3.04. The summed E-state index contributed by atoms with van der Waals surface area (Å²) in [5.41, 5.74) is -0.376. The van der Waals surface area contributed by atoms with Crippen LogP contribution < -0.4 is 5.32 Å². The summed E-state index contributed by atoms with van der Waals surface area (Å²) in [6, 6.07) is 4.44. The number of aromatic nitrogens is 1. The highest BCUT2D eigenvalue weighted by Crippen LogP contribution is 2.18. The van der Waals surface area contributed by atoms with Crippen LogP contribution in [0.25, 0.3) is 0 Å². The van der Waals surface area contributed by atoms with E-state index in [1.54, 1.807) is 12.1 Å². The topological polar surface area (TPSA) is 58.4 Å². The number of rotatable bonds is 5. The predicted octanol–water partition coefficient (Wildman–Crippen LogP) is 1.99. The van der Waals surface area contributed by atoms with Crippen LogP contribution in [0.4, 0.5) is 8.78 Å². The molecule has 1 atom stereocenters. The van der Waals surface area contributed by atoms with Crippen LogP contribution in [-0.2, 0) is 0 Å². The van der Waals surface area contributed by atoms with Crippen molar-refractivity contribution in [2.75, 3.05) is 20.6 Å². The minimum atomic E-state index is -1.29. The lowest BCUT2D eigenvalue weighted by Gasteiger charge is -2.22. The van der Waals surface area contributed by atoms with E-state index in [-0.39, 0.29) is 18.2 Å². The van der Waals surface area contributed by atoms with Crippen LogP contribution in [0.1, 0.15) is 22.2 Å². The molecule has 0 bridgehead atoms. The van der Waals surface area contributed by atoms with Gasteiger partial charge in [-0.3, -0.25) is 9.69 Å². The summed E-state index contributed by atoms with van der Waals surface area (Å²) in [4.78, 5) is 16.9. The van der Waals surface area contributed by atoms with Crippen molar-refractivity contribution in [3.8, 4) is 0 Å². The van der Waals surface area contributed by atoms with Gasteiger partial charge in [0.1, 0.15) is 5.76 Å². The molecule has 0 saturated carbocycles. The van der Waals surface area contributed by atoms with Gasteiger partial charge in [-0.2, -0.15) is 4.39 Å². The molecule has 0 saturated heterocycles. The third-order valence-electron chi connectivity index (χ3n) is 3.04. The maximum atomic E-state index is 13.5. The van der Waals surface area contributed by atoms with Gasteiger partial charge in [0, 0.05) is 12.7 Å². The zero-order valence-corrected chi connectivity index (χ0v) is 11.6. The van der Waals surface area contributed by atoms with Crippen molar-refractivity contribution in [3.05, 3.63) is 53.7 Å². The highest BCUT2D eigenvalue weighted by Gasteiger charge is 2.20. The average Bonchev–Trinajstić information content (AvgIpc) is 2.95. The fraction of sp³-hybridized carbons (Fsp3) is 0.286. The van der Waals surface area contributed by atoms with E-state index in [1.807, 2.05) is 19.0 Å². The monoisotopic (exact) mass is 295 g/mol. The number of carbonyl (C=O) groups excluding carboxylic acids is 1. The number of pyridine rings is 1. The molecule has 1 unspecified atom stereocenters. The Morgan fingerprint density at radius 3 is 2.81 bits per heavy atom. The van der Waals surface area contributed by atoms with Crippen molar-refractivity contribution in [3.63, 3.8) is 0 Å². The number of carbonyl (C=O) groups is 1. The second kappa shape index (κ2) is 6.45. The van der Waals surface area contributed by atoms with Crippen molar-refractivity contribution >= 4 is 5.91 Å². The van der Waals surface area contributed by atoms with Crippen molar-refractivity contribution in [1.82, 2.24) is 15.2 Å². The van der Waals surface area contributed by atoms with Gasteiger partial charge in [-0.15, -0.1) is 0 Å². The van der Waals surface area contributed by atoms with E-state index in [9.17, 15) is 13.6 Å². The largest absolute Gasteiger partial charge is 0.468 e. The first-order valence-electron chi connectivity index (χ1n) is 6.28. The summed E-state index contributed by atoms with van der Waals surface area (Å²) in [5.74, 6) is -2.58. The van der Waals surface area contributed by atoms with E-state index in [0.29, 0.717) is 5.76 Å². The zero-order chi connectivity index (χ0) is 15.4. The molecule has 2 aromatic heterocycles. The molecule has 0 aliphatic rings. The van der Waals surface area contributed by atoms with Gasteiger partial charge in [0.15, 0.2) is 5.82 Å². The number of amides is 1. The highest BCUT2D eigenvalue weighted by molar-refractivity contribution is 5.94. The van der Waals surface area contributed by atoms with Gasteiger partial charge in [-0.1, -0.05) is 0 Å². The fourth-order valence-electron chi connectivity index (χ4n) is 1.90. The highest BCUT2D eigenvalue weighted by atomic mass is 19.2. The molecule has 112 valence electrons. The van der Waals surface area contributed by atoms with Crippen LogP contribution in [0.2, 0.25) is 0 Å². The molecule has 0 fully saturated rings. The summed E-state index contributed by atoms with van der Waals surface area (Å²) in [6.07, 6.45) is 2.58. The minimum absolute atomic E-state index is 0.197. The Morgan fingerprint density at radius 1 is 1.43 bits per heavy atom. The first kappa shape index (κ1) is 15.1. The Kier molecular flexibility index (Phi) is 4.64.